The third-order valence-electron chi connectivity index (χ3n) is 3.45. The molecule has 8 nitrogen and oxygen atoms in total. The molecule has 0 aliphatic heterocycles. The monoisotopic (exact) mass is 330 g/mol. The van der Waals surface area contributed by atoms with Crippen LogP contribution >= 0.6 is 0 Å². The van der Waals surface area contributed by atoms with E-state index in [1.165, 1.54) is 0 Å². The van der Waals surface area contributed by atoms with Crippen molar-refractivity contribution in [2.24, 2.45) is 5.10 Å². The minimum atomic E-state index is -0.602. The van der Waals surface area contributed by atoms with E-state index in [2.05, 4.69) is 20.5 Å². The highest BCUT2D eigenvalue weighted by molar-refractivity contribution is 5.99. The molecule has 1 aromatic heterocycles. The summed E-state index contributed by atoms with van der Waals surface area (Å²) in [5.41, 5.74) is 3.21. The predicted molar refractivity (Wildman–Crippen MR) is 89.5 cm³/mol. The molecule has 2 rings (SSSR count). The number of rotatable bonds is 5. The minimum absolute atomic E-state index is 0.183. The Labute approximate surface area is 137 Å². The molecule has 1 amide bonds. The number of H-pyrrole nitrogens is 2. The Balaban J connectivity index is 2.07. The van der Waals surface area contributed by atoms with Crippen LogP contribution in [0.4, 0.5) is 0 Å². The Hall–Kier alpha value is -3.16. The number of ether oxygens (including phenoxy) is 1. The van der Waals surface area contributed by atoms with Crippen molar-refractivity contribution in [2.75, 3.05) is 7.11 Å². The van der Waals surface area contributed by atoms with E-state index in [1.54, 1.807) is 33.1 Å². The van der Waals surface area contributed by atoms with Crippen molar-refractivity contribution >= 4 is 11.6 Å². The first-order valence-electron chi connectivity index (χ1n) is 7.20. The van der Waals surface area contributed by atoms with Gasteiger partial charge in [-0.15, -0.1) is 0 Å². The first kappa shape index (κ1) is 17.2. The van der Waals surface area contributed by atoms with Gasteiger partial charge in [-0.1, -0.05) is 0 Å². The Morgan fingerprint density at radius 3 is 2.46 bits per heavy atom. The molecule has 0 bridgehead atoms. The van der Waals surface area contributed by atoms with Crippen LogP contribution in [-0.2, 0) is 11.2 Å². The van der Waals surface area contributed by atoms with Gasteiger partial charge in [0.15, 0.2) is 0 Å². The molecule has 0 spiro atoms. The van der Waals surface area contributed by atoms with Gasteiger partial charge in [0.2, 0.25) is 5.91 Å². The maximum Gasteiger partial charge on any atom is 0.325 e. The molecular formula is C16H18N4O4. The van der Waals surface area contributed by atoms with Crippen LogP contribution in [0.5, 0.6) is 5.75 Å². The molecule has 0 saturated heterocycles. The minimum Gasteiger partial charge on any atom is -0.497 e. The lowest BCUT2D eigenvalue weighted by Crippen LogP contribution is -2.31. The number of hydrogen-bond donors (Lipinski definition) is 3. The summed E-state index contributed by atoms with van der Waals surface area (Å²) in [5, 5.41) is 4.01. The molecule has 24 heavy (non-hydrogen) atoms. The van der Waals surface area contributed by atoms with E-state index in [1.807, 2.05) is 12.1 Å². The SMILES string of the molecule is COc1ccc(/C(C)=N\NC(=O)Cc2c(C)[nH]c(=O)[nH]c2=O)cc1. The number of carbonyl (C=O) groups is 1. The molecule has 0 radical (unpaired) electrons. The highest BCUT2D eigenvalue weighted by Crippen LogP contribution is 2.11. The number of aromatic amines is 2. The molecule has 1 aromatic carbocycles. The third-order valence-corrected chi connectivity index (χ3v) is 3.45. The Kier molecular flexibility index (Phi) is 5.31. The Morgan fingerprint density at radius 1 is 1.21 bits per heavy atom. The number of amides is 1. The van der Waals surface area contributed by atoms with Crippen LogP contribution in [0.25, 0.3) is 0 Å². The van der Waals surface area contributed by atoms with Crippen molar-refractivity contribution in [1.29, 1.82) is 0 Å². The van der Waals surface area contributed by atoms with Gasteiger partial charge in [0.05, 0.1) is 19.2 Å². The quantitative estimate of drug-likeness (QED) is 0.545. The largest absolute Gasteiger partial charge is 0.497 e. The molecule has 0 saturated carbocycles. The van der Waals surface area contributed by atoms with E-state index in [9.17, 15) is 14.4 Å². The number of hydrazone groups is 1. The van der Waals surface area contributed by atoms with Crippen molar-refractivity contribution < 1.29 is 9.53 Å². The average Bonchev–Trinajstić information content (AvgIpc) is 2.56. The smallest absolute Gasteiger partial charge is 0.325 e. The van der Waals surface area contributed by atoms with Gasteiger partial charge in [0.25, 0.3) is 5.56 Å². The molecule has 1 heterocycles. The van der Waals surface area contributed by atoms with E-state index in [0.29, 0.717) is 11.4 Å². The fraction of sp³-hybridized carbons (Fsp3) is 0.250. The van der Waals surface area contributed by atoms with Crippen LogP contribution in [-0.4, -0.2) is 28.7 Å². The van der Waals surface area contributed by atoms with Crippen molar-refractivity contribution in [3.63, 3.8) is 0 Å². The number of nitrogens with zero attached hydrogens (tertiary/aromatic N) is 1. The van der Waals surface area contributed by atoms with Crippen LogP contribution in [0.2, 0.25) is 0 Å². The van der Waals surface area contributed by atoms with Crippen molar-refractivity contribution in [3.8, 4) is 5.75 Å². The second-order valence-electron chi connectivity index (χ2n) is 5.15. The maximum absolute atomic E-state index is 12.0. The lowest BCUT2D eigenvalue weighted by molar-refractivity contribution is -0.120. The van der Waals surface area contributed by atoms with Crippen molar-refractivity contribution in [2.45, 2.75) is 20.3 Å². The van der Waals surface area contributed by atoms with Gasteiger partial charge in [-0.2, -0.15) is 5.10 Å². The summed E-state index contributed by atoms with van der Waals surface area (Å²) in [6.45, 7) is 3.31. The van der Waals surface area contributed by atoms with Gasteiger partial charge in [0, 0.05) is 11.3 Å². The zero-order chi connectivity index (χ0) is 17.7. The van der Waals surface area contributed by atoms with Crippen molar-refractivity contribution in [1.82, 2.24) is 15.4 Å². The first-order valence-corrected chi connectivity index (χ1v) is 7.20. The summed E-state index contributed by atoms with van der Waals surface area (Å²) in [4.78, 5) is 39.3. The molecule has 0 aliphatic carbocycles. The normalized spacial score (nSPS) is 11.2. The van der Waals surface area contributed by atoms with Gasteiger partial charge < -0.3 is 9.72 Å². The van der Waals surface area contributed by atoms with Gasteiger partial charge in [-0.25, -0.2) is 10.2 Å². The van der Waals surface area contributed by atoms with Gasteiger partial charge in [0.1, 0.15) is 5.75 Å². The van der Waals surface area contributed by atoms with E-state index >= 15 is 0 Å². The van der Waals surface area contributed by atoms with E-state index < -0.39 is 17.2 Å². The molecule has 0 atom stereocenters. The Morgan fingerprint density at radius 2 is 1.88 bits per heavy atom. The molecule has 0 aliphatic rings. The summed E-state index contributed by atoms with van der Waals surface area (Å²) in [5.74, 6) is 0.270. The third kappa shape index (κ3) is 4.19. The standard InChI is InChI=1S/C16H18N4O4/c1-9(11-4-6-12(24-3)7-5-11)19-20-14(21)8-13-10(2)17-16(23)18-15(13)22/h4-7H,8H2,1-3H3,(H,20,21)(H2,17,18,22,23)/b19-9-. The number of hydrogen-bond acceptors (Lipinski definition) is 5. The van der Waals surface area contributed by atoms with Crippen LogP contribution < -0.4 is 21.4 Å². The van der Waals surface area contributed by atoms with Crippen LogP contribution in [0.3, 0.4) is 0 Å². The lowest BCUT2D eigenvalue weighted by atomic mass is 10.1. The summed E-state index contributed by atoms with van der Waals surface area (Å²) >= 11 is 0. The number of nitrogens with one attached hydrogen (secondary N) is 3. The molecule has 8 heteroatoms. The number of aromatic nitrogens is 2. The second-order valence-corrected chi connectivity index (χ2v) is 5.15. The average molecular weight is 330 g/mol. The molecule has 126 valence electrons. The molecule has 0 unspecified atom stereocenters. The number of benzene rings is 1. The second kappa shape index (κ2) is 7.40. The van der Waals surface area contributed by atoms with Crippen LogP contribution in [0.1, 0.15) is 23.7 Å². The first-order chi connectivity index (χ1) is 11.4. The highest BCUT2D eigenvalue weighted by Gasteiger charge is 2.11. The summed E-state index contributed by atoms with van der Waals surface area (Å²) in [6, 6.07) is 7.22. The van der Waals surface area contributed by atoms with Gasteiger partial charge in [-0.3, -0.25) is 14.6 Å². The lowest BCUT2D eigenvalue weighted by Gasteiger charge is -2.05. The predicted octanol–water partition coefficient (Wildman–Crippen LogP) is 0.463. The number of aryl methyl sites for hydroxylation is 1. The van der Waals surface area contributed by atoms with Crippen molar-refractivity contribution in [3.05, 3.63) is 61.9 Å². The molecule has 2 aromatic rings. The van der Waals surface area contributed by atoms with E-state index in [4.69, 9.17) is 4.74 Å². The molecule has 0 fully saturated rings. The molecular weight excluding hydrogens is 312 g/mol. The zero-order valence-electron chi connectivity index (χ0n) is 13.6. The van der Waals surface area contributed by atoms with Gasteiger partial charge >= 0.3 is 5.69 Å². The number of carbonyl (C=O) groups excluding carboxylic acids is 1. The molecule has 3 N–H and O–H groups in total. The highest BCUT2D eigenvalue weighted by atomic mass is 16.5. The summed E-state index contributed by atoms with van der Waals surface area (Å²) in [6.07, 6.45) is -0.183. The maximum atomic E-state index is 12.0. The topological polar surface area (TPSA) is 116 Å². The fourth-order valence-corrected chi connectivity index (χ4v) is 2.08. The van der Waals surface area contributed by atoms with E-state index in [-0.39, 0.29) is 12.0 Å². The summed E-state index contributed by atoms with van der Waals surface area (Å²) in [7, 11) is 1.58. The summed E-state index contributed by atoms with van der Waals surface area (Å²) < 4.78 is 5.08. The van der Waals surface area contributed by atoms with Crippen LogP contribution in [0, 0.1) is 6.92 Å². The van der Waals surface area contributed by atoms with Crippen LogP contribution in [0.15, 0.2) is 39.0 Å². The number of methoxy groups -OCH3 is 1. The van der Waals surface area contributed by atoms with Gasteiger partial charge in [-0.05, 0) is 43.7 Å². The van der Waals surface area contributed by atoms with E-state index in [0.717, 1.165) is 11.3 Å². The fourth-order valence-electron chi connectivity index (χ4n) is 2.08. The Bertz CT molecular complexity index is 878. The zero-order valence-corrected chi connectivity index (χ0v) is 13.6.